The molecule has 2 aromatic rings. The molecule has 0 unspecified atom stereocenters. The fourth-order valence-electron chi connectivity index (χ4n) is 1.95. The topological polar surface area (TPSA) is 95.7 Å². The van der Waals surface area contributed by atoms with Gasteiger partial charge in [-0.25, -0.2) is 0 Å². The summed E-state index contributed by atoms with van der Waals surface area (Å²) in [5.74, 6) is 0.138. The molecular weight excluding hydrogens is 322 g/mol. The Kier molecular flexibility index (Phi) is 4.55. The fraction of sp³-hybridized carbons (Fsp3) is 0.200. The van der Waals surface area contributed by atoms with Gasteiger partial charge in [0.05, 0.1) is 12.0 Å². The van der Waals surface area contributed by atoms with Crippen molar-refractivity contribution in [3.63, 3.8) is 0 Å². The summed E-state index contributed by atoms with van der Waals surface area (Å²) in [5, 5.41) is 10.9. The molecule has 0 saturated heterocycles. The Morgan fingerprint density at radius 3 is 2.39 bits per heavy atom. The molecule has 0 aliphatic carbocycles. The lowest BCUT2D eigenvalue weighted by atomic mass is 10.1. The Labute approximate surface area is 133 Å². The summed E-state index contributed by atoms with van der Waals surface area (Å²) in [6.07, 6.45) is 0. The van der Waals surface area contributed by atoms with E-state index in [0.29, 0.717) is 5.56 Å². The Morgan fingerprint density at radius 1 is 1.09 bits per heavy atom. The first-order chi connectivity index (χ1) is 10.8. The standard InChI is InChI=1S/C15H15NO6S/c1-10-5-4-6-13(11(10)2)22-23(19,20)15-9-12(16(17)18)7-8-14(15)21-3/h4-9H,1-3H3. The largest absolute Gasteiger partial charge is 0.495 e. The predicted octanol–water partition coefficient (Wildman–Crippen LogP) is 2.99. The van der Waals surface area contributed by atoms with Gasteiger partial charge in [-0.15, -0.1) is 0 Å². The minimum Gasteiger partial charge on any atom is -0.495 e. The fourth-order valence-corrected chi connectivity index (χ4v) is 3.12. The lowest BCUT2D eigenvalue weighted by molar-refractivity contribution is -0.385. The van der Waals surface area contributed by atoms with Crippen LogP contribution in [0, 0.1) is 24.0 Å². The molecule has 122 valence electrons. The Hall–Kier alpha value is -2.61. The van der Waals surface area contributed by atoms with Crippen LogP contribution in [0.1, 0.15) is 11.1 Å². The number of nitrogens with zero attached hydrogens (tertiary/aromatic N) is 1. The van der Waals surface area contributed by atoms with Crippen LogP contribution in [0.4, 0.5) is 5.69 Å². The van der Waals surface area contributed by atoms with Crippen molar-refractivity contribution in [2.45, 2.75) is 18.7 Å². The maximum absolute atomic E-state index is 12.5. The monoisotopic (exact) mass is 337 g/mol. The summed E-state index contributed by atoms with van der Waals surface area (Å²) in [5.41, 5.74) is 1.16. The maximum Gasteiger partial charge on any atom is 0.343 e. The molecule has 8 heteroatoms. The van der Waals surface area contributed by atoms with E-state index in [0.717, 1.165) is 17.7 Å². The zero-order valence-corrected chi connectivity index (χ0v) is 13.6. The Balaban J connectivity index is 2.53. The maximum atomic E-state index is 12.5. The highest BCUT2D eigenvalue weighted by Crippen LogP contribution is 2.31. The molecule has 0 amide bonds. The third-order valence-corrected chi connectivity index (χ3v) is 4.64. The molecule has 0 bridgehead atoms. The molecule has 0 N–H and O–H groups in total. The lowest BCUT2D eigenvalue weighted by Gasteiger charge is -2.13. The van der Waals surface area contributed by atoms with E-state index in [9.17, 15) is 18.5 Å². The van der Waals surface area contributed by atoms with Crippen LogP contribution in [0.25, 0.3) is 0 Å². The highest BCUT2D eigenvalue weighted by Gasteiger charge is 2.25. The first-order valence-corrected chi connectivity index (χ1v) is 8.00. The summed E-state index contributed by atoms with van der Waals surface area (Å²) in [6, 6.07) is 8.30. The number of methoxy groups -OCH3 is 1. The van der Waals surface area contributed by atoms with Crippen LogP contribution >= 0.6 is 0 Å². The summed E-state index contributed by atoms with van der Waals surface area (Å²) in [6.45, 7) is 3.55. The average molecular weight is 337 g/mol. The number of nitro benzene ring substituents is 1. The van der Waals surface area contributed by atoms with Crippen molar-refractivity contribution in [2.24, 2.45) is 0 Å². The van der Waals surface area contributed by atoms with E-state index < -0.39 is 19.9 Å². The molecular formula is C15H15NO6S. The van der Waals surface area contributed by atoms with Crippen LogP contribution in [-0.4, -0.2) is 20.5 Å². The molecule has 0 spiro atoms. The van der Waals surface area contributed by atoms with Crippen LogP contribution < -0.4 is 8.92 Å². The van der Waals surface area contributed by atoms with Crippen molar-refractivity contribution in [2.75, 3.05) is 7.11 Å². The molecule has 0 atom stereocenters. The molecule has 0 aromatic heterocycles. The number of non-ortho nitro benzene ring substituents is 1. The van der Waals surface area contributed by atoms with Crippen molar-refractivity contribution in [1.82, 2.24) is 0 Å². The van der Waals surface area contributed by atoms with Crippen LogP contribution in [0.3, 0.4) is 0 Å². The van der Waals surface area contributed by atoms with Gasteiger partial charge in [-0.3, -0.25) is 10.1 Å². The zero-order chi connectivity index (χ0) is 17.2. The van der Waals surface area contributed by atoms with Gasteiger partial charge in [0.2, 0.25) is 0 Å². The zero-order valence-electron chi connectivity index (χ0n) is 12.8. The van der Waals surface area contributed by atoms with E-state index in [4.69, 9.17) is 8.92 Å². The Bertz CT molecular complexity index is 860. The molecule has 2 aromatic carbocycles. The molecule has 0 fully saturated rings. The minimum atomic E-state index is -4.28. The van der Waals surface area contributed by atoms with Gasteiger partial charge in [-0.2, -0.15) is 8.42 Å². The second-order valence-corrected chi connectivity index (χ2v) is 6.34. The van der Waals surface area contributed by atoms with Crippen LogP contribution in [0.5, 0.6) is 11.5 Å². The first kappa shape index (κ1) is 16.8. The molecule has 23 heavy (non-hydrogen) atoms. The molecule has 2 rings (SSSR count). The second kappa shape index (κ2) is 6.25. The van der Waals surface area contributed by atoms with Gasteiger partial charge in [0.15, 0.2) is 4.90 Å². The van der Waals surface area contributed by atoms with E-state index in [-0.39, 0.29) is 17.2 Å². The highest BCUT2D eigenvalue weighted by atomic mass is 32.2. The van der Waals surface area contributed by atoms with Crippen molar-refractivity contribution in [3.8, 4) is 11.5 Å². The van der Waals surface area contributed by atoms with Crippen LogP contribution in [0.2, 0.25) is 0 Å². The number of nitro groups is 1. The van der Waals surface area contributed by atoms with Gasteiger partial charge in [-0.1, -0.05) is 12.1 Å². The molecule has 0 aliphatic heterocycles. The molecule has 0 aliphatic rings. The third-order valence-electron chi connectivity index (χ3n) is 3.38. The average Bonchev–Trinajstić information content (AvgIpc) is 2.51. The summed E-state index contributed by atoms with van der Waals surface area (Å²) >= 11 is 0. The minimum absolute atomic E-state index is 0.0269. The SMILES string of the molecule is COc1ccc([N+](=O)[O-])cc1S(=O)(=O)Oc1cccc(C)c1C. The van der Waals surface area contributed by atoms with E-state index in [2.05, 4.69) is 0 Å². The predicted molar refractivity (Wildman–Crippen MR) is 83.4 cm³/mol. The third kappa shape index (κ3) is 3.42. The van der Waals surface area contributed by atoms with Gasteiger partial charge >= 0.3 is 10.1 Å². The number of hydrogen-bond donors (Lipinski definition) is 0. The van der Waals surface area contributed by atoms with Gasteiger partial charge in [0.25, 0.3) is 5.69 Å². The Morgan fingerprint density at radius 2 is 1.78 bits per heavy atom. The van der Waals surface area contributed by atoms with Crippen LogP contribution in [0.15, 0.2) is 41.3 Å². The number of aryl methyl sites for hydroxylation is 1. The van der Waals surface area contributed by atoms with E-state index in [1.54, 1.807) is 13.0 Å². The van der Waals surface area contributed by atoms with E-state index in [1.165, 1.54) is 19.2 Å². The van der Waals surface area contributed by atoms with Crippen molar-refractivity contribution < 1.29 is 22.3 Å². The number of hydrogen-bond acceptors (Lipinski definition) is 6. The number of ether oxygens (including phenoxy) is 1. The number of rotatable bonds is 5. The van der Waals surface area contributed by atoms with Crippen molar-refractivity contribution in [3.05, 3.63) is 57.6 Å². The smallest absolute Gasteiger partial charge is 0.343 e. The van der Waals surface area contributed by atoms with Crippen molar-refractivity contribution in [1.29, 1.82) is 0 Å². The molecule has 0 radical (unpaired) electrons. The molecule has 7 nitrogen and oxygen atoms in total. The summed E-state index contributed by atoms with van der Waals surface area (Å²) in [4.78, 5) is 9.79. The second-order valence-electron chi connectivity index (χ2n) is 4.83. The first-order valence-electron chi connectivity index (χ1n) is 6.59. The molecule has 0 heterocycles. The van der Waals surface area contributed by atoms with Gasteiger partial charge in [0, 0.05) is 12.1 Å². The van der Waals surface area contributed by atoms with E-state index in [1.807, 2.05) is 13.0 Å². The van der Waals surface area contributed by atoms with Gasteiger partial charge < -0.3 is 8.92 Å². The quantitative estimate of drug-likeness (QED) is 0.473. The van der Waals surface area contributed by atoms with Crippen molar-refractivity contribution >= 4 is 15.8 Å². The van der Waals surface area contributed by atoms with Crippen LogP contribution in [-0.2, 0) is 10.1 Å². The van der Waals surface area contributed by atoms with Gasteiger partial charge in [-0.05, 0) is 37.1 Å². The van der Waals surface area contributed by atoms with Gasteiger partial charge in [0.1, 0.15) is 11.5 Å². The van der Waals surface area contributed by atoms with E-state index >= 15 is 0 Å². The lowest BCUT2D eigenvalue weighted by Crippen LogP contribution is -2.12. The number of benzene rings is 2. The summed E-state index contributed by atoms with van der Waals surface area (Å²) in [7, 11) is -3.00. The molecule has 0 saturated carbocycles. The summed E-state index contributed by atoms with van der Waals surface area (Å²) < 4.78 is 35.1. The normalized spacial score (nSPS) is 11.1. The highest BCUT2D eigenvalue weighted by molar-refractivity contribution is 7.87.